The van der Waals surface area contributed by atoms with Crippen LogP contribution in [0, 0.1) is 0 Å². The first-order chi connectivity index (χ1) is 9.38. The fourth-order valence-corrected chi connectivity index (χ4v) is 2.65. The first kappa shape index (κ1) is 12.2. The van der Waals surface area contributed by atoms with Gasteiger partial charge in [-0.05, 0) is 31.9 Å². The zero-order chi connectivity index (χ0) is 13.1. The van der Waals surface area contributed by atoms with Gasteiger partial charge in [0.2, 0.25) is 0 Å². The number of nitrogens with zero attached hydrogens (tertiary/aromatic N) is 3. The molecule has 0 spiro atoms. The summed E-state index contributed by atoms with van der Waals surface area (Å²) in [5.74, 6) is 1.93. The quantitative estimate of drug-likeness (QED) is 0.810. The second-order valence-corrected chi connectivity index (χ2v) is 4.95. The second kappa shape index (κ2) is 5.39. The molecular formula is C16H19N3. The van der Waals surface area contributed by atoms with Crippen LogP contribution in [0.2, 0.25) is 0 Å². The molecule has 2 heterocycles. The van der Waals surface area contributed by atoms with E-state index in [9.17, 15) is 0 Å². The van der Waals surface area contributed by atoms with Gasteiger partial charge in [-0.3, -0.25) is 0 Å². The van der Waals surface area contributed by atoms with Gasteiger partial charge in [0.05, 0.1) is 5.69 Å². The van der Waals surface area contributed by atoms with Crippen LogP contribution in [0.3, 0.4) is 0 Å². The first-order valence-corrected chi connectivity index (χ1v) is 7.00. The zero-order valence-electron chi connectivity index (χ0n) is 11.3. The predicted octanol–water partition coefficient (Wildman–Crippen LogP) is 3.24. The Hall–Kier alpha value is -1.90. The van der Waals surface area contributed by atoms with Crippen LogP contribution >= 0.6 is 0 Å². The molecule has 1 aromatic rings. The van der Waals surface area contributed by atoms with Gasteiger partial charge in [0.15, 0.2) is 5.82 Å². The summed E-state index contributed by atoms with van der Waals surface area (Å²) in [5.41, 5.74) is 2.33. The van der Waals surface area contributed by atoms with E-state index in [2.05, 4.69) is 34.2 Å². The largest absolute Gasteiger partial charge is 0.356 e. The zero-order valence-corrected chi connectivity index (χ0v) is 11.3. The summed E-state index contributed by atoms with van der Waals surface area (Å²) in [6.45, 7) is 4.23. The van der Waals surface area contributed by atoms with E-state index in [-0.39, 0.29) is 0 Å². The van der Waals surface area contributed by atoms with Gasteiger partial charge in [-0.1, -0.05) is 24.3 Å². The molecule has 0 bridgehead atoms. The fraction of sp³-hybridized carbons (Fsp3) is 0.375. The van der Waals surface area contributed by atoms with Crippen molar-refractivity contribution in [3.63, 3.8) is 0 Å². The smallest absolute Gasteiger partial charge is 0.154 e. The van der Waals surface area contributed by atoms with Crippen LogP contribution in [0.25, 0.3) is 12.2 Å². The van der Waals surface area contributed by atoms with Gasteiger partial charge in [-0.25, -0.2) is 9.97 Å². The van der Waals surface area contributed by atoms with Gasteiger partial charge < -0.3 is 4.90 Å². The number of fused-ring (bicyclic) bond motifs is 1. The van der Waals surface area contributed by atoms with Crippen LogP contribution in [0.15, 0.2) is 24.3 Å². The highest BCUT2D eigenvalue weighted by atomic mass is 15.2. The van der Waals surface area contributed by atoms with Crippen molar-refractivity contribution in [3.05, 3.63) is 41.4 Å². The Morgan fingerprint density at radius 1 is 1.16 bits per heavy atom. The molecule has 2 aliphatic rings. The van der Waals surface area contributed by atoms with E-state index in [1.54, 1.807) is 0 Å². The highest BCUT2D eigenvalue weighted by molar-refractivity contribution is 5.69. The van der Waals surface area contributed by atoms with Crippen LogP contribution in [0.5, 0.6) is 0 Å². The molecule has 3 heteroatoms. The molecular weight excluding hydrogens is 234 g/mol. The lowest BCUT2D eigenvalue weighted by Gasteiger charge is -2.20. The van der Waals surface area contributed by atoms with E-state index in [0.717, 1.165) is 36.8 Å². The van der Waals surface area contributed by atoms with E-state index in [1.807, 2.05) is 19.1 Å². The average Bonchev–Trinajstić information content (AvgIpc) is 2.84. The summed E-state index contributed by atoms with van der Waals surface area (Å²) in [4.78, 5) is 11.8. The molecule has 0 aromatic carbocycles. The molecule has 0 unspecified atom stereocenters. The number of aromatic nitrogens is 2. The van der Waals surface area contributed by atoms with Crippen LogP contribution in [-0.4, -0.2) is 23.1 Å². The lowest BCUT2D eigenvalue weighted by Crippen LogP contribution is -2.21. The Bertz CT molecular complexity index is 549. The van der Waals surface area contributed by atoms with Crippen LogP contribution < -0.4 is 4.90 Å². The molecule has 0 N–H and O–H groups in total. The molecule has 1 aromatic heterocycles. The summed E-state index contributed by atoms with van der Waals surface area (Å²) >= 11 is 0. The van der Waals surface area contributed by atoms with Crippen LogP contribution in [-0.2, 0) is 6.42 Å². The van der Waals surface area contributed by atoms with Crippen LogP contribution in [0.4, 0.5) is 5.82 Å². The Morgan fingerprint density at radius 2 is 2.00 bits per heavy atom. The van der Waals surface area contributed by atoms with Gasteiger partial charge in [0.1, 0.15) is 5.82 Å². The minimum Gasteiger partial charge on any atom is -0.356 e. The minimum absolute atomic E-state index is 0.826. The molecule has 19 heavy (non-hydrogen) atoms. The van der Waals surface area contributed by atoms with Gasteiger partial charge in [0, 0.05) is 25.1 Å². The van der Waals surface area contributed by atoms with Crippen molar-refractivity contribution < 1.29 is 0 Å². The number of allylic oxidation sites excluding steroid dienone is 4. The minimum atomic E-state index is 0.826. The molecule has 0 amide bonds. The Morgan fingerprint density at radius 3 is 2.79 bits per heavy atom. The van der Waals surface area contributed by atoms with E-state index in [0.29, 0.717) is 0 Å². The molecule has 0 radical (unpaired) electrons. The predicted molar refractivity (Wildman–Crippen MR) is 80.1 cm³/mol. The van der Waals surface area contributed by atoms with Crippen molar-refractivity contribution in [2.24, 2.45) is 0 Å². The molecule has 98 valence electrons. The topological polar surface area (TPSA) is 29.0 Å². The molecule has 3 nitrogen and oxygen atoms in total. The molecule has 0 atom stereocenters. The van der Waals surface area contributed by atoms with E-state index < -0.39 is 0 Å². The Kier molecular flexibility index (Phi) is 3.45. The highest BCUT2D eigenvalue weighted by Crippen LogP contribution is 2.27. The highest BCUT2D eigenvalue weighted by Gasteiger charge is 2.20. The molecule has 1 fully saturated rings. The lowest BCUT2D eigenvalue weighted by molar-refractivity contribution is 0.905. The Balaban J connectivity index is 2.11. The molecule has 1 saturated heterocycles. The van der Waals surface area contributed by atoms with E-state index in [1.165, 1.54) is 18.4 Å². The number of hydrogen-bond donors (Lipinski definition) is 0. The number of rotatable bonds is 2. The second-order valence-electron chi connectivity index (χ2n) is 4.95. The number of anilines is 1. The van der Waals surface area contributed by atoms with Gasteiger partial charge in [0.25, 0.3) is 0 Å². The summed E-state index contributed by atoms with van der Waals surface area (Å²) in [6.07, 6.45) is 15.9. The van der Waals surface area contributed by atoms with Crippen molar-refractivity contribution in [1.82, 2.24) is 9.97 Å². The maximum Gasteiger partial charge on any atom is 0.154 e. The summed E-state index contributed by atoms with van der Waals surface area (Å²) in [5, 5.41) is 0. The van der Waals surface area contributed by atoms with E-state index >= 15 is 0 Å². The first-order valence-electron chi connectivity index (χ1n) is 7.00. The summed E-state index contributed by atoms with van der Waals surface area (Å²) < 4.78 is 0. The van der Waals surface area contributed by atoms with Crippen molar-refractivity contribution in [3.8, 4) is 0 Å². The maximum atomic E-state index is 4.75. The maximum absolute atomic E-state index is 4.75. The van der Waals surface area contributed by atoms with Gasteiger partial charge in [-0.2, -0.15) is 0 Å². The van der Waals surface area contributed by atoms with E-state index in [4.69, 9.17) is 4.98 Å². The SMILES string of the molecule is C/C=C/c1nc2c(c(N3CCCC3)n1)C=CC=CC2. The molecule has 1 aliphatic carbocycles. The van der Waals surface area contributed by atoms with Crippen molar-refractivity contribution >= 4 is 18.0 Å². The third-order valence-electron chi connectivity index (χ3n) is 3.56. The fourth-order valence-electron chi connectivity index (χ4n) is 2.65. The molecule has 3 rings (SSSR count). The molecule has 0 saturated carbocycles. The van der Waals surface area contributed by atoms with Crippen LogP contribution in [0.1, 0.15) is 36.8 Å². The summed E-state index contributed by atoms with van der Waals surface area (Å²) in [6, 6.07) is 0. The third-order valence-corrected chi connectivity index (χ3v) is 3.56. The van der Waals surface area contributed by atoms with Gasteiger partial charge >= 0.3 is 0 Å². The van der Waals surface area contributed by atoms with Crippen molar-refractivity contribution in [2.45, 2.75) is 26.2 Å². The monoisotopic (exact) mass is 253 g/mol. The standard InChI is InChI=1S/C16H19N3/c1-2-8-15-17-14-10-5-3-4-9-13(14)16(18-15)19-11-6-7-12-19/h2-5,8-9H,6-7,10-12H2,1H3/b8-2+. The third kappa shape index (κ3) is 2.46. The molecule has 1 aliphatic heterocycles. The van der Waals surface area contributed by atoms with Gasteiger partial charge in [-0.15, -0.1) is 0 Å². The number of hydrogen-bond acceptors (Lipinski definition) is 3. The van der Waals surface area contributed by atoms with Crippen molar-refractivity contribution in [2.75, 3.05) is 18.0 Å². The normalized spacial score (nSPS) is 18.1. The average molecular weight is 253 g/mol. The summed E-state index contributed by atoms with van der Waals surface area (Å²) in [7, 11) is 0. The lowest BCUT2D eigenvalue weighted by atomic mass is 10.1. The Labute approximate surface area is 114 Å². The van der Waals surface area contributed by atoms with Crippen molar-refractivity contribution in [1.29, 1.82) is 0 Å².